The lowest BCUT2D eigenvalue weighted by molar-refractivity contribution is 0.415. The Hall–Kier alpha value is -2.00. The average molecular weight is 295 g/mol. The van der Waals surface area contributed by atoms with Crippen LogP contribution in [0.15, 0.2) is 58.3 Å². The molecule has 1 heterocycles. The fourth-order valence-corrected chi connectivity index (χ4v) is 3.27. The molecule has 0 bridgehead atoms. The van der Waals surface area contributed by atoms with Crippen LogP contribution in [0.1, 0.15) is 11.3 Å². The van der Waals surface area contributed by atoms with E-state index in [1.54, 1.807) is 18.9 Å². The molecule has 0 saturated carbocycles. The number of benzene rings is 2. The van der Waals surface area contributed by atoms with Gasteiger partial charge in [0.05, 0.1) is 12.6 Å². The van der Waals surface area contributed by atoms with Crippen LogP contribution in [-0.2, 0) is 0 Å². The number of ether oxygens (including phenoxy) is 1. The van der Waals surface area contributed by atoms with Gasteiger partial charge in [-0.2, -0.15) is 0 Å². The first-order chi connectivity index (χ1) is 10.2. The summed E-state index contributed by atoms with van der Waals surface area (Å²) < 4.78 is 5.34. The molecule has 3 heteroatoms. The molecule has 0 saturated heterocycles. The second-order valence-corrected chi connectivity index (χ2v) is 6.18. The standard InChI is InChI=1S/C18H17NOS/c1-12-4-7-15(8-5-12)21-18-10-13(2)19-17-9-6-14(20-3)11-16(17)18/h4-11H,1-3H3. The highest BCUT2D eigenvalue weighted by atomic mass is 32.2. The number of hydrogen-bond acceptors (Lipinski definition) is 3. The van der Waals surface area contributed by atoms with Gasteiger partial charge < -0.3 is 4.74 Å². The van der Waals surface area contributed by atoms with Gasteiger partial charge >= 0.3 is 0 Å². The van der Waals surface area contributed by atoms with Crippen LogP contribution in [0.2, 0.25) is 0 Å². The van der Waals surface area contributed by atoms with Crippen molar-refractivity contribution in [1.82, 2.24) is 4.98 Å². The number of rotatable bonds is 3. The lowest BCUT2D eigenvalue weighted by atomic mass is 10.2. The van der Waals surface area contributed by atoms with E-state index in [4.69, 9.17) is 4.74 Å². The molecule has 0 unspecified atom stereocenters. The molecule has 0 aliphatic heterocycles. The summed E-state index contributed by atoms with van der Waals surface area (Å²) in [4.78, 5) is 7.04. The third kappa shape index (κ3) is 3.03. The fraction of sp³-hybridized carbons (Fsp3) is 0.167. The van der Waals surface area contributed by atoms with E-state index in [0.29, 0.717) is 0 Å². The Morgan fingerprint density at radius 2 is 1.71 bits per heavy atom. The van der Waals surface area contributed by atoms with Crippen molar-refractivity contribution in [2.24, 2.45) is 0 Å². The summed E-state index contributed by atoms with van der Waals surface area (Å²) in [5.41, 5.74) is 3.31. The molecule has 0 spiro atoms. The van der Waals surface area contributed by atoms with Crippen molar-refractivity contribution in [2.75, 3.05) is 7.11 Å². The second kappa shape index (κ2) is 5.78. The van der Waals surface area contributed by atoms with Crippen LogP contribution in [0.5, 0.6) is 5.75 Å². The van der Waals surface area contributed by atoms with Crippen molar-refractivity contribution in [1.29, 1.82) is 0 Å². The van der Waals surface area contributed by atoms with Gasteiger partial charge in [0.2, 0.25) is 0 Å². The van der Waals surface area contributed by atoms with Gasteiger partial charge in [-0.1, -0.05) is 29.5 Å². The molecule has 3 rings (SSSR count). The van der Waals surface area contributed by atoms with Crippen LogP contribution in [0.4, 0.5) is 0 Å². The van der Waals surface area contributed by atoms with Gasteiger partial charge in [0, 0.05) is 20.9 Å². The van der Waals surface area contributed by atoms with E-state index in [1.165, 1.54) is 15.4 Å². The van der Waals surface area contributed by atoms with Crippen molar-refractivity contribution in [3.8, 4) is 5.75 Å². The maximum atomic E-state index is 5.34. The molecule has 2 nitrogen and oxygen atoms in total. The molecular weight excluding hydrogens is 278 g/mol. The maximum absolute atomic E-state index is 5.34. The van der Waals surface area contributed by atoms with Crippen LogP contribution in [0.3, 0.4) is 0 Å². The minimum absolute atomic E-state index is 0.860. The maximum Gasteiger partial charge on any atom is 0.119 e. The summed E-state index contributed by atoms with van der Waals surface area (Å²) >= 11 is 1.76. The minimum atomic E-state index is 0.860. The molecule has 0 radical (unpaired) electrons. The van der Waals surface area contributed by atoms with E-state index in [2.05, 4.69) is 48.3 Å². The Labute approximate surface area is 129 Å². The smallest absolute Gasteiger partial charge is 0.119 e. The van der Waals surface area contributed by atoms with Crippen molar-refractivity contribution in [3.63, 3.8) is 0 Å². The number of hydrogen-bond donors (Lipinski definition) is 0. The summed E-state index contributed by atoms with van der Waals surface area (Å²) in [6, 6.07) is 16.7. The van der Waals surface area contributed by atoms with Gasteiger partial charge in [-0.3, -0.25) is 4.98 Å². The third-order valence-corrected chi connectivity index (χ3v) is 4.42. The van der Waals surface area contributed by atoms with E-state index in [9.17, 15) is 0 Å². The summed E-state index contributed by atoms with van der Waals surface area (Å²) in [6.07, 6.45) is 0. The lowest BCUT2D eigenvalue weighted by Gasteiger charge is -2.09. The van der Waals surface area contributed by atoms with E-state index >= 15 is 0 Å². The highest BCUT2D eigenvalue weighted by Gasteiger charge is 2.07. The highest BCUT2D eigenvalue weighted by Crippen LogP contribution is 2.35. The number of fused-ring (bicyclic) bond motifs is 1. The van der Waals surface area contributed by atoms with E-state index in [1.807, 2.05) is 19.1 Å². The Bertz CT molecular complexity index is 781. The number of aromatic nitrogens is 1. The van der Waals surface area contributed by atoms with E-state index in [0.717, 1.165) is 22.3 Å². The first-order valence-corrected chi connectivity index (χ1v) is 7.67. The molecule has 0 amide bonds. The van der Waals surface area contributed by atoms with Crippen molar-refractivity contribution >= 4 is 22.7 Å². The summed E-state index contributed by atoms with van der Waals surface area (Å²) in [5.74, 6) is 0.860. The van der Waals surface area contributed by atoms with E-state index < -0.39 is 0 Å². The SMILES string of the molecule is COc1ccc2nc(C)cc(Sc3ccc(C)cc3)c2c1. The first kappa shape index (κ1) is 14.0. The number of aryl methyl sites for hydroxylation is 2. The summed E-state index contributed by atoms with van der Waals surface area (Å²) in [6.45, 7) is 4.13. The highest BCUT2D eigenvalue weighted by molar-refractivity contribution is 7.99. The molecule has 106 valence electrons. The molecule has 0 atom stereocenters. The van der Waals surface area contributed by atoms with Gasteiger partial charge in [-0.05, 0) is 50.2 Å². The molecule has 0 fully saturated rings. The summed E-state index contributed by atoms with van der Waals surface area (Å²) in [5, 5.41) is 1.13. The molecule has 2 aromatic carbocycles. The van der Waals surface area contributed by atoms with Crippen molar-refractivity contribution in [3.05, 3.63) is 59.8 Å². The second-order valence-electron chi connectivity index (χ2n) is 5.06. The molecule has 0 N–H and O–H groups in total. The number of methoxy groups -OCH3 is 1. The molecule has 0 aliphatic carbocycles. The van der Waals surface area contributed by atoms with Crippen LogP contribution in [0.25, 0.3) is 10.9 Å². The van der Waals surface area contributed by atoms with E-state index in [-0.39, 0.29) is 0 Å². The van der Waals surface area contributed by atoms with Crippen molar-refractivity contribution in [2.45, 2.75) is 23.6 Å². The summed E-state index contributed by atoms with van der Waals surface area (Å²) in [7, 11) is 1.69. The first-order valence-electron chi connectivity index (χ1n) is 6.85. The molecule has 21 heavy (non-hydrogen) atoms. The predicted octanol–water partition coefficient (Wildman–Crippen LogP) is 5.01. The topological polar surface area (TPSA) is 22.1 Å². The Kier molecular flexibility index (Phi) is 3.84. The van der Waals surface area contributed by atoms with Gasteiger partial charge in [-0.25, -0.2) is 0 Å². The molecular formula is C18H17NOS. The van der Waals surface area contributed by atoms with Crippen LogP contribution in [-0.4, -0.2) is 12.1 Å². The monoisotopic (exact) mass is 295 g/mol. The largest absolute Gasteiger partial charge is 0.497 e. The Morgan fingerprint density at radius 1 is 0.952 bits per heavy atom. The normalized spacial score (nSPS) is 10.8. The number of nitrogens with zero attached hydrogens (tertiary/aromatic N) is 1. The van der Waals surface area contributed by atoms with Crippen LogP contribution >= 0.6 is 11.8 Å². The van der Waals surface area contributed by atoms with Crippen LogP contribution < -0.4 is 4.74 Å². The minimum Gasteiger partial charge on any atom is -0.497 e. The zero-order chi connectivity index (χ0) is 14.8. The Morgan fingerprint density at radius 3 is 2.43 bits per heavy atom. The fourth-order valence-electron chi connectivity index (χ4n) is 2.24. The zero-order valence-corrected chi connectivity index (χ0v) is 13.2. The van der Waals surface area contributed by atoms with Gasteiger partial charge in [-0.15, -0.1) is 0 Å². The average Bonchev–Trinajstić information content (AvgIpc) is 2.49. The third-order valence-electron chi connectivity index (χ3n) is 3.35. The number of pyridine rings is 1. The Balaban J connectivity index is 2.09. The quantitative estimate of drug-likeness (QED) is 0.678. The molecule has 0 aliphatic rings. The van der Waals surface area contributed by atoms with Crippen molar-refractivity contribution < 1.29 is 4.74 Å². The van der Waals surface area contributed by atoms with Gasteiger partial charge in [0.25, 0.3) is 0 Å². The predicted molar refractivity (Wildman–Crippen MR) is 88.3 cm³/mol. The van der Waals surface area contributed by atoms with Gasteiger partial charge in [0.1, 0.15) is 5.75 Å². The zero-order valence-electron chi connectivity index (χ0n) is 12.4. The van der Waals surface area contributed by atoms with Gasteiger partial charge in [0.15, 0.2) is 0 Å². The molecule has 1 aromatic heterocycles. The lowest BCUT2D eigenvalue weighted by Crippen LogP contribution is -1.89. The van der Waals surface area contributed by atoms with Crippen LogP contribution in [0, 0.1) is 13.8 Å². The molecule has 3 aromatic rings.